The van der Waals surface area contributed by atoms with Crippen LogP contribution in [0.4, 0.5) is 0 Å². The number of amides is 1. The van der Waals surface area contributed by atoms with E-state index >= 15 is 0 Å². The van der Waals surface area contributed by atoms with Crippen LogP contribution in [0.25, 0.3) is 0 Å². The Morgan fingerprint density at radius 1 is 1.50 bits per heavy atom. The Bertz CT molecular complexity index is 401. The predicted molar refractivity (Wildman–Crippen MR) is 72.2 cm³/mol. The highest BCUT2D eigenvalue weighted by molar-refractivity contribution is 8.76. The van der Waals surface area contributed by atoms with Crippen molar-refractivity contribution in [1.29, 1.82) is 0 Å². The molecule has 1 amide bonds. The molecule has 98 valence electrons. The van der Waals surface area contributed by atoms with Crippen LogP contribution >= 0.6 is 21.6 Å². The Balaban J connectivity index is 2.42. The lowest BCUT2D eigenvalue weighted by molar-refractivity contribution is -0.144. The van der Waals surface area contributed by atoms with Gasteiger partial charge in [-0.15, -0.1) is 0 Å². The Kier molecular flexibility index (Phi) is 6.59. The van der Waals surface area contributed by atoms with Gasteiger partial charge in [0.05, 0.1) is 7.11 Å². The van der Waals surface area contributed by atoms with E-state index in [0.29, 0.717) is 5.75 Å². The summed E-state index contributed by atoms with van der Waals surface area (Å²) < 4.78 is 4.62. The highest BCUT2D eigenvalue weighted by Gasteiger charge is 2.20. The molecule has 1 N–H and O–H groups in total. The number of aromatic nitrogens is 1. The van der Waals surface area contributed by atoms with E-state index in [1.807, 2.05) is 18.2 Å². The summed E-state index contributed by atoms with van der Waals surface area (Å²) in [6, 6.07) is 4.97. The number of carbonyl (C=O) groups excluding carboxylic acids is 2. The normalized spacial score (nSPS) is 11.7. The van der Waals surface area contributed by atoms with E-state index in [4.69, 9.17) is 0 Å². The van der Waals surface area contributed by atoms with E-state index in [0.717, 1.165) is 5.03 Å². The molecule has 0 aliphatic heterocycles. The maximum Gasteiger partial charge on any atom is 0.329 e. The highest BCUT2D eigenvalue weighted by Crippen LogP contribution is 2.29. The lowest BCUT2D eigenvalue weighted by atomic mass is 10.3. The molecule has 0 aromatic carbocycles. The number of nitrogens with zero attached hydrogens (tertiary/aromatic N) is 1. The zero-order chi connectivity index (χ0) is 13.4. The maximum atomic E-state index is 11.4. The van der Waals surface area contributed by atoms with Crippen LogP contribution in [0.1, 0.15) is 6.92 Å². The summed E-state index contributed by atoms with van der Waals surface area (Å²) in [6.07, 6.45) is 1.70. The number of rotatable bonds is 6. The van der Waals surface area contributed by atoms with E-state index in [9.17, 15) is 9.59 Å². The van der Waals surface area contributed by atoms with E-state index in [1.54, 1.807) is 6.20 Å². The molecule has 0 fully saturated rings. The van der Waals surface area contributed by atoms with E-state index in [2.05, 4.69) is 15.0 Å². The van der Waals surface area contributed by atoms with Crippen molar-refractivity contribution in [3.8, 4) is 0 Å². The van der Waals surface area contributed by atoms with Crippen molar-refractivity contribution in [3.63, 3.8) is 0 Å². The summed E-state index contributed by atoms with van der Waals surface area (Å²) in [5.74, 6) is -0.277. The molecule has 1 rings (SSSR count). The minimum Gasteiger partial charge on any atom is -0.467 e. The monoisotopic (exact) mass is 286 g/mol. The lowest BCUT2D eigenvalue weighted by Crippen LogP contribution is -2.42. The number of hydrogen-bond acceptors (Lipinski definition) is 6. The van der Waals surface area contributed by atoms with Crippen LogP contribution in [-0.2, 0) is 14.3 Å². The molecule has 18 heavy (non-hydrogen) atoms. The average molecular weight is 286 g/mol. The molecule has 0 spiro atoms. The first-order valence-electron chi connectivity index (χ1n) is 5.19. The molecule has 1 atom stereocenters. The van der Waals surface area contributed by atoms with Crippen LogP contribution < -0.4 is 5.32 Å². The molecule has 1 aromatic rings. The summed E-state index contributed by atoms with van der Waals surface area (Å²) in [7, 11) is 4.19. The summed E-state index contributed by atoms with van der Waals surface area (Å²) in [5.41, 5.74) is 0. The van der Waals surface area contributed by atoms with Crippen molar-refractivity contribution in [2.75, 3.05) is 12.9 Å². The number of ether oxygens (including phenoxy) is 1. The van der Waals surface area contributed by atoms with Gasteiger partial charge in [0.2, 0.25) is 5.91 Å². The van der Waals surface area contributed by atoms with Crippen LogP contribution in [0, 0.1) is 0 Å². The van der Waals surface area contributed by atoms with E-state index < -0.39 is 12.0 Å². The first-order chi connectivity index (χ1) is 8.63. The zero-order valence-corrected chi connectivity index (χ0v) is 11.7. The second-order valence-corrected chi connectivity index (χ2v) is 5.67. The Hall–Kier alpha value is -1.21. The average Bonchev–Trinajstić information content (AvgIpc) is 2.37. The minimum absolute atomic E-state index is 0.256. The van der Waals surface area contributed by atoms with Gasteiger partial charge in [-0.1, -0.05) is 16.9 Å². The fourth-order valence-electron chi connectivity index (χ4n) is 1.12. The Morgan fingerprint density at radius 2 is 2.28 bits per heavy atom. The first kappa shape index (κ1) is 14.8. The number of hydrogen-bond donors (Lipinski definition) is 1. The number of pyridine rings is 1. The third-order valence-corrected chi connectivity index (χ3v) is 4.15. The van der Waals surface area contributed by atoms with Crippen LogP contribution in [0.5, 0.6) is 0 Å². The molecule has 0 saturated carbocycles. The van der Waals surface area contributed by atoms with Crippen LogP contribution in [0.15, 0.2) is 29.4 Å². The molecule has 0 bridgehead atoms. The molecule has 0 unspecified atom stereocenters. The Labute approximate surface area is 113 Å². The summed E-state index contributed by atoms with van der Waals surface area (Å²) in [6.45, 7) is 1.37. The molecule has 0 saturated heterocycles. The van der Waals surface area contributed by atoms with Crippen molar-refractivity contribution in [1.82, 2.24) is 10.3 Å². The van der Waals surface area contributed by atoms with Gasteiger partial charge >= 0.3 is 5.97 Å². The summed E-state index contributed by atoms with van der Waals surface area (Å²) >= 11 is 0. The number of esters is 1. The lowest BCUT2D eigenvalue weighted by Gasteiger charge is -2.14. The van der Waals surface area contributed by atoms with Crippen LogP contribution in [0.3, 0.4) is 0 Å². The number of carbonyl (C=O) groups is 2. The SMILES string of the molecule is COC(=O)[C@H](CSSc1ccccn1)NC(C)=O. The maximum absolute atomic E-state index is 11.4. The van der Waals surface area contributed by atoms with E-state index in [1.165, 1.54) is 35.6 Å². The second-order valence-electron chi connectivity index (χ2n) is 3.31. The third kappa shape index (κ3) is 5.42. The number of methoxy groups -OCH3 is 1. The van der Waals surface area contributed by atoms with Crippen molar-refractivity contribution in [2.45, 2.75) is 18.0 Å². The molecule has 1 heterocycles. The van der Waals surface area contributed by atoms with Crippen molar-refractivity contribution >= 4 is 33.5 Å². The van der Waals surface area contributed by atoms with Gasteiger partial charge in [-0.25, -0.2) is 9.78 Å². The smallest absolute Gasteiger partial charge is 0.329 e. The predicted octanol–water partition coefficient (Wildman–Crippen LogP) is 1.50. The van der Waals surface area contributed by atoms with E-state index in [-0.39, 0.29) is 5.91 Å². The topological polar surface area (TPSA) is 68.3 Å². The van der Waals surface area contributed by atoms with Gasteiger partial charge < -0.3 is 10.1 Å². The van der Waals surface area contributed by atoms with Gasteiger partial charge in [-0.3, -0.25) is 4.79 Å². The van der Waals surface area contributed by atoms with Gasteiger partial charge in [0.15, 0.2) is 0 Å². The Morgan fingerprint density at radius 3 is 2.83 bits per heavy atom. The molecule has 7 heteroatoms. The third-order valence-electron chi connectivity index (χ3n) is 1.88. The van der Waals surface area contributed by atoms with Gasteiger partial charge in [-0.2, -0.15) is 0 Å². The molecular weight excluding hydrogens is 272 g/mol. The minimum atomic E-state index is -0.631. The van der Waals surface area contributed by atoms with Gasteiger partial charge in [-0.05, 0) is 22.9 Å². The fourth-order valence-corrected chi connectivity index (χ4v) is 3.17. The van der Waals surface area contributed by atoms with Crippen molar-refractivity contribution in [3.05, 3.63) is 24.4 Å². The molecular formula is C11H14N2O3S2. The van der Waals surface area contributed by atoms with Gasteiger partial charge in [0, 0.05) is 18.9 Å². The molecule has 1 aromatic heterocycles. The van der Waals surface area contributed by atoms with Crippen LogP contribution in [0.2, 0.25) is 0 Å². The second kappa shape index (κ2) is 7.99. The highest BCUT2D eigenvalue weighted by atomic mass is 33.1. The van der Waals surface area contributed by atoms with Gasteiger partial charge in [0.25, 0.3) is 0 Å². The quantitative estimate of drug-likeness (QED) is 0.631. The largest absolute Gasteiger partial charge is 0.467 e. The molecule has 0 aliphatic carbocycles. The van der Waals surface area contributed by atoms with Crippen molar-refractivity contribution < 1.29 is 14.3 Å². The first-order valence-corrected chi connectivity index (χ1v) is 7.51. The summed E-state index contributed by atoms with van der Waals surface area (Å²) in [4.78, 5) is 26.5. The molecule has 5 nitrogen and oxygen atoms in total. The van der Waals surface area contributed by atoms with Gasteiger partial charge in [0.1, 0.15) is 11.1 Å². The standard InChI is InChI=1S/C11H14N2O3S2/c1-8(14)13-9(11(15)16-2)7-17-18-10-5-3-4-6-12-10/h3-6,9H,7H2,1-2H3,(H,13,14)/t9-/m0/s1. The van der Waals surface area contributed by atoms with Crippen molar-refractivity contribution in [2.24, 2.45) is 0 Å². The molecule has 0 radical (unpaired) electrons. The zero-order valence-electron chi connectivity index (χ0n) is 10.1. The number of nitrogens with one attached hydrogen (secondary N) is 1. The summed E-state index contributed by atoms with van der Waals surface area (Å²) in [5, 5.41) is 3.40. The van der Waals surface area contributed by atoms with Crippen LogP contribution in [-0.4, -0.2) is 35.8 Å². The molecule has 0 aliphatic rings. The fraction of sp³-hybridized carbons (Fsp3) is 0.364.